The average Bonchev–Trinajstić information content (AvgIpc) is 2.60. The number of rotatable bonds is 2. The average molecular weight is 193 g/mol. The van der Waals surface area contributed by atoms with Gasteiger partial charge in [-0.1, -0.05) is 18.2 Å². The Balaban J connectivity index is 2.57. The lowest BCUT2D eigenvalue weighted by Crippen LogP contribution is -2.13. The molecular formula is C10H11NOS. The first kappa shape index (κ1) is 8.69. The van der Waals surface area contributed by atoms with E-state index in [2.05, 4.69) is 6.07 Å². The molecule has 13 heavy (non-hydrogen) atoms. The Morgan fingerprint density at radius 3 is 2.92 bits per heavy atom. The number of hydrogen-bond donors (Lipinski definition) is 2. The largest absolute Gasteiger partial charge is 0.394 e. The summed E-state index contributed by atoms with van der Waals surface area (Å²) in [7, 11) is 0. The van der Waals surface area contributed by atoms with E-state index in [1.165, 1.54) is 4.70 Å². The normalized spacial score (nSPS) is 13.4. The van der Waals surface area contributed by atoms with Crippen molar-refractivity contribution in [1.82, 2.24) is 0 Å². The lowest BCUT2D eigenvalue weighted by atomic mass is 10.1. The van der Waals surface area contributed by atoms with Crippen LogP contribution in [0, 0.1) is 0 Å². The molecule has 0 spiro atoms. The lowest BCUT2D eigenvalue weighted by molar-refractivity contribution is 0.269. The highest BCUT2D eigenvalue weighted by Crippen LogP contribution is 2.28. The van der Waals surface area contributed by atoms with Gasteiger partial charge in [-0.25, -0.2) is 0 Å². The molecular weight excluding hydrogens is 182 g/mol. The van der Waals surface area contributed by atoms with E-state index in [0.29, 0.717) is 0 Å². The van der Waals surface area contributed by atoms with Crippen LogP contribution >= 0.6 is 11.3 Å². The van der Waals surface area contributed by atoms with E-state index in [9.17, 15) is 0 Å². The van der Waals surface area contributed by atoms with Crippen molar-refractivity contribution >= 4 is 21.4 Å². The van der Waals surface area contributed by atoms with Crippen molar-refractivity contribution in [3.05, 3.63) is 35.2 Å². The van der Waals surface area contributed by atoms with E-state index < -0.39 is 0 Å². The number of aliphatic hydroxyl groups excluding tert-OH is 1. The van der Waals surface area contributed by atoms with Gasteiger partial charge in [-0.2, -0.15) is 0 Å². The predicted molar refractivity (Wildman–Crippen MR) is 55.8 cm³/mol. The van der Waals surface area contributed by atoms with E-state index >= 15 is 0 Å². The molecule has 1 atom stereocenters. The minimum atomic E-state index is -0.254. The Kier molecular flexibility index (Phi) is 2.31. The Bertz CT molecular complexity index is 410. The molecule has 2 aromatic rings. The van der Waals surface area contributed by atoms with E-state index in [4.69, 9.17) is 10.8 Å². The summed E-state index contributed by atoms with van der Waals surface area (Å²) in [5, 5.41) is 12.1. The van der Waals surface area contributed by atoms with Crippen LogP contribution in [0.5, 0.6) is 0 Å². The molecule has 0 radical (unpaired) electrons. The highest BCUT2D eigenvalue weighted by molar-refractivity contribution is 7.17. The Hall–Kier alpha value is -0.900. The highest BCUT2D eigenvalue weighted by Gasteiger charge is 2.09. The zero-order chi connectivity index (χ0) is 9.26. The quantitative estimate of drug-likeness (QED) is 0.765. The van der Waals surface area contributed by atoms with Crippen molar-refractivity contribution in [2.24, 2.45) is 5.73 Å². The molecule has 1 heterocycles. The molecule has 1 unspecified atom stereocenters. The van der Waals surface area contributed by atoms with Crippen LogP contribution in [-0.2, 0) is 0 Å². The molecule has 0 bridgehead atoms. The van der Waals surface area contributed by atoms with Gasteiger partial charge in [0.2, 0.25) is 0 Å². The number of hydrogen-bond acceptors (Lipinski definition) is 3. The number of nitrogens with two attached hydrogens (primary N) is 1. The molecule has 0 aliphatic heterocycles. The van der Waals surface area contributed by atoms with E-state index in [-0.39, 0.29) is 12.6 Å². The number of aliphatic hydroxyl groups is 1. The molecule has 0 saturated heterocycles. The second-order valence-corrected chi connectivity index (χ2v) is 3.89. The topological polar surface area (TPSA) is 46.2 Å². The van der Waals surface area contributed by atoms with Crippen LogP contribution in [-0.4, -0.2) is 11.7 Å². The summed E-state index contributed by atoms with van der Waals surface area (Å²) in [5.41, 5.74) is 6.81. The summed E-state index contributed by atoms with van der Waals surface area (Å²) >= 11 is 1.67. The van der Waals surface area contributed by atoms with Crippen LogP contribution < -0.4 is 5.73 Å². The fourth-order valence-corrected chi connectivity index (χ4v) is 2.41. The zero-order valence-corrected chi connectivity index (χ0v) is 7.92. The third-order valence-corrected chi connectivity index (χ3v) is 3.09. The minimum Gasteiger partial charge on any atom is -0.394 e. The fraction of sp³-hybridized carbons (Fsp3) is 0.200. The molecule has 3 heteroatoms. The highest BCUT2D eigenvalue weighted by atomic mass is 32.1. The van der Waals surface area contributed by atoms with Crippen molar-refractivity contribution in [1.29, 1.82) is 0 Å². The van der Waals surface area contributed by atoms with Gasteiger partial charge in [0.15, 0.2) is 0 Å². The number of benzene rings is 1. The first-order chi connectivity index (χ1) is 6.33. The summed E-state index contributed by atoms with van der Waals surface area (Å²) in [6.45, 7) is 0.000722. The maximum absolute atomic E-state index is 8.95. The summed E-state index contributed by atoms with van der Waals surface area (Å²) in [5.74, 6) is 0. The third kappa shape index (κ3) is 1.46. The third-order valence-electron chi connectivity index (χ3n) is 2.11. The van der Waals surface area contributed by atoms with Crippen LogP contribution in [0.25, 0.3) is 10.1 Å². The Morgan fingerprint density at radius 2 is 2.15 bits per heavy atom. The maximum atomic E-state index is 8.95. The zero-order valence-electron chi connectivity index (χ0n) is 7.10. The first-order valence-electron chi connectivity index (χ1n) is 4.15. The molecule has 68 valence electrons. The number of fused-ring (bicyclic) bond motifs is 1. The van der Waals surface area contributed by atoms with Crippen LogP contribution in [0.15, 0.2) is 29.6 Å². The maximum Gasteiger partial charge on any atom is 0.0624 e. The predicted octanol–water partition coefficient (Wildman–Crippen LogP) is 1.89. The van der Waals surface area contributed by atoms with Crippen LogP contribution in [0.1, 0.15) is 11.6 Å². The van der Waals surface area contributed by atoms with Gasteiger partial charge in [-0.15, -0.1) is 11.3 Å². The summed E-state index contributed by atoms with van der Waals surface area (Å²) in [6.07, 6.45) is 0. The molecule has 3 N–H and O–H groups in total. The summed E-state index contributed by atoms with van der Waals surface area (Å²) < 4.78 is 1.22. The first-order valence-corrected chi connectivity index (χ1v) is 5.03. The molecule has 1 aromatic carbocycles. The second-order valence-electron chi connectivity index (χ2n) is 2.98. The van der Waals surface area contributed by atoms with Crippen molar-refractivity contribution < 1.29 is 5.11 Å². The molecule has 0 aliphatic carbocycles. The van der Waals surface area contributed by atoms with Gasteiger partial charge in [-0.3, -0.25) is 0 Å². The smallest absolute Gasteiger partial charge is 0.0624 e. The van der Waals surface area contributed by atoms with Crippen molar-refractivity contribution in [2.75, 3.05) is 6.61 Å². The minimum absolute atomic E-state index is 0.000722. The summed E-state index contributed by atoms with van der Waals surface area (Å²) in [6, 6.07) is 7.84. The molecule has 0 fully saturated rings. The van der Waals surface area contributed by atoms with Gasteiger partial charge in [0.05, 0.1) is 12.6 Å². The standard InChI is InChI=1S/C10H11NOS/c11-9(5-12)8-6-13-10-4-2-1-3-7(8)10/h1-4,6,9,12H,5,11H2. The molecule has 0 amide bonds. The second kappa shape index (κ2) is 3.46. The lowest BCUT2D eigenvalue weighted by Gasteiger charge is -2.05. The molecule has 0 saturated carbocycles. The van der Waals surface area contributed by atoms with Gasteiger partial charge >= 0.3 is 0 Å². The SMILES string of the molecule is NC(CO)c1csc2ccccc12. The van der Waals surface area contributed by atoms with Crippen LogP contribution in [0.2, 0.25) is 0 Å². The fourth-order valence-electron chi connectivity index (χ4n) is 1.38. The summed E-state index contributed by atoms with van der Waals surface area (Å²) in [4.78, 5) is 0. The molecule has 2 nitrogen and oxygen atoms in total. The molecule has 2 rings (SSSR count). The monoisotopic (exact) mass is 193 g/mol. The van der Waals surface area contributed by atoms with Crippen molar-refractivity contribution in [3.63, 3.8) is 0 Å². The van der Waals surface area contributed by atoms with Gasteiger partial charge < -0.3 is 10.8 Å². The van der Waals surface area contributed by atoms with Crippen LogP contribution in [0.4, 0.5) is 0 Å². The van der Waals surface area contributed by atoms with Gasteiger partial charge in [0.25, 0.3) is 0 Å². The number of thiophene rings is 1. The Labute approximate surface area is 80.6 Å². The van der Waals surface area contributed by atoms with Gasteiger partial charge in [0.1, 0.15) is 0 Å². The van der Waals surface area contributed by atoms with Gasteiger partial charge in [-0.05, 0) is 22.4 Å². The van der Waals surface area contributed by atoms with E-state index in [0.717, 1.165) is 10.9 Å². The Morgan fingerprint density at radius 1 is 1.38 bits per heavy atom. The molecule has 0 aliphatic rings. The van der Waals surface area contributed by atoms with E-state index in [1.807, 2.05) is 23.6 Å². The molecule has 1 aromatic heterocycles. The van der Waals surface area contributed by atoms with Crippen LogP contribution in [0.3, 0.4) is 0 Å². The van der Waals surface area contributed by atoms with Crippen molar-refractivity contribution in [2.45, 2.75) is 6.04 Å². The van der Waals surface area contributed by atoms with Crippen molar-refractivity contribution in [3.8, 4) is 0 Å². The van der Waals surface area contributed by atoms with E-state index in [1.54, 1.807) is 11.3 Å². The van der Waals surface area contributed by atoms with Gasteiger partial charge in [0, 0.05) is 4.70 Å².